The molecule has 128 valence electrons. The first-order chi connectivity index (χ1) is 11.5. The lowest BCUT2D eigenvalue weighted by atomic mass is 9.95. The van der Waals surface area contributed by atoms with Crippen LogP contribution in [0.15, 0.2) is 53.4 Å². The summed E-state index contributed by atoms with van der Waals surface area (Å²) in [5.41, 5.74) is 1.63. The Morgan fingerprint density at radius 2 is 1.83 bits per heavy atom. The summed E-state index contributed by atoms with van der Waals surface area (Å²) in [6.07, 6.45) is 2.84. The smallest absolute Gasteiger partial charge is 0.207 e. The molecular formula is C19H22FNO2S. The fourth-order valence-corrected chi connectivity index (χ4v) is 5.09. The highest BCUT2D eigenvalue weighted by atomic mass is 32.2. The van der Waals surface area contributed by atoms with E-state index in [1.165, 1.54) is 23.8 Å². The van der Waals surface area contributed by atoms with Gasteiger partial charge in [-0.1, -0.05) is 36.8 Å². The van der Waals surface area contributed by atoms with Crippen LogP contribution < -0.4 is 0 Å². The normalized spacial score (nSPS) is 19.8. The second-order valence-corrected chi connectivity index (χ2v) is 8.28. The van der Waals surface area contributed by atoms with Gasteiger partial charge < -0.3 is 0 Å². The van der Waals surface area contributed by atoms with Crippen molar-refractivity contribution in [2.75, 3.05) is 13.1 Å². The molecule has 1 aliphatic heterocycles. The lowest BCUT2D eigenvalue weighted by molar-refractivity contribution is 0.406. The van der Waals surface area contributed by atoms with Gasteiger partial charge >= 0.3 is 0 Å². The molecular weight excluding hydrogens is 325 g/mol. The maximum absolute atomic E-state index is 13.3. The van der Waals surface area contributed by atoms with Crippen LogP contribution in [0.2, 0.25) is 0 Å². The summed E-state index contributed by atoms with van der Waals surface area (Å²) in [4.78, 5) is 0.206. The topological polar surface area (TPSA) is 37.4 Å². The van der Waals surface area contributed by atoms with Crippen LogP contribution in [0.5, 0.6) is 0 Å². The highest BCUT2D eigenvalue weighted by Gasteiger charge is 2.30. The third-order valence-electron chi connectivity index (χ3n) is 4.66. The van der Waals surface area contributed by atoms with Gasteiger partial charge in [-0.05, 0) is 55.0 Å². The van der Waals surface area contributed by atoms with Crippen LogP contribution >= 0.6 is 0 Å². The van der Waals surface area contributed by atoms with Crippen molar-refractivity contribution in [3.05, 3.63) is 65.5 Å². The molecule has 5 heteroatoms. The Labute approximate surface area is 143 Å². The van der Waals surface area contributed by atoms with Gasteiger partial charge in [0.2, 0.25) is 10.0 Å². The number of rotatable bonds is 3. The molecule has 0 aliphatic carbocycles. The Balaban J connectivity index is 1.91. The fourth-order valence-electron chi connectivity index (χ4n) is 3.36. The van der Waals surface area contributed by atoms with Crippen molar-refractivity contribution in [1.82, 2.24) is 4.31 Å². The average Bonchev–Trinajstić information content (AvgIpc) is 2.82. The summed E-state index contributed by atoms with van der Waals surface area (Å²) < 4.78 is 41.0. The molecule has 1 heterocycles. The zero-order valence-electron chi connectivity index (χ0n) is 13.8. The Bertz CT molecular complexity index is 805. The summed E-state index contributed by atoms with van der Waals surface area (Å²) in [5.74, 6) is -0.214. The number of hydrogen-bond acceptors (Lipinski definition) is 2. The fraction of sp³-hybridized carbons (Fsp3) is 0.368. The quantitative estimate of drug-likeness (QED) is 0.838. The second kappa shape index (κ2) is 7.03. The number of halogens is 1. The van der Waals surface area contributed by atoms with Crippen molar-refractivity contribution in [3.63, 3.8) is 0 Å². The molecule has 0 N–H and O–H groups in total. The van der Waals surface area contributed by atoms with Crippen molar-refractivity contribution < 1.29 is 12.8 Å². The summed E-state index contributed by atoms with van der Waals surface area (Å²) in [6.45, 7) is 2.63. The minimum atomic E-state index is -3.61. The van der Waals surface area contributed by atoms with E-state index in [4.69, 9.17) is 0 Å². The summed E-state index contributed by atoms with van der Waals surface area (Å²) in [7, 11) is -3.61. The molecule has 0 radical (unpaired) electrons. The number of benzene rings is 2. The lowest BCUT2D eigenvalue weighted by Gasteiger charge is -2.25. The van der Waals surface area contributed by atoms with E-state index in [2.05, 4.69) is 12.1 Å². The number of sulfonamides is 1. The Kier molecular flexibility index (Phi) is 5.01. The van der Waals surface area contributed by atoms with Gasteiger partial charge in [0.05, 0.1) is 4.90 Å². The van der Waals surface area contributed by atoms with Crippen molar-refractivity contribution in [2.45, 2.75) is 37.0 Å². The third-order valence-corrected chi connectivity index (χ3v) is 6.69. The minimum Gasteiger partial charge on any atom is -0.207 e. The Morgan fingerprint density at radius 1 is 1.08 bits per heavy atom. The highest BCUT2D eigenvalue weighted by Crippen LogP contribution is 2.30. The molecule has 1 atom stereocenters. The van der Waals surface area contributed by atoms with E-state index in [-0.39, 0.29) is 10.8 Å². The van der Waals surface area contributed by atoms with Gasteiger partial charge in [0.15, 0.2) is 0 Å². The molecule has 0 amide bonds. The largest absolute Gasteiger partial charge is 0.243 e. The molecule has 0 saturated carbocycles. The van der Waals surface area contributed by atoms with Crippen molar-refractivity contribution in [1.29, 1.82) is 0 Å². The predicted molar refractivity (Wildman–Crippen MR) is 92.9 cm³/mol. The van der Waals surface area contributed by atoms with Crippen LogP contribution in [-0.4, -0.2) is 25.8 Å². The molecule has 2 aromatic carbocycles. The van der Waals surface area contributed by atoms with E-state index < -0.39 is 15.8 Å². The molecule has 3 nitrogen and oxygen atoms in total. The van der Waals surface area contributed by atoms with Gasteiger partial charge in [-0.2, -0.15) is 4.31 Å². The molecule has 0 spiro atoms. The molecule has 0 bridgehead atoms. The number of aryl methyl sites for hydroxylation is 1. The van der Waals surface area contributed by atoms with E-state index in [1.54, 1.807) is 11.2 Å². The van der Waals surface area contributed by atoms with Crippen LogP contribution in [0, 0.1) is 12.7 Å². The zero-order valence-corrected chi connectivity index (χ0v) is 14.6. The Morgan fingerprint density at radius 3 is 2.54 bits per heavy atom. The number of hydrogen-bond donors (Lipinski definition) is 0. The molecule has 24 heavy (non-hydrogen) atoms. The minimum absolute atomic E-state index is 0.198. The molecule has 1 unspecified atom stereocenters. The zero-order chi connectivity index (χ0) is 17.2. The molecule has 1 aliphatic rings. The van der Waals surface area contributed by atoms with Gasteiger partial charge in [0, 0.05) is 13.1 Å². The Hall–Kier alpha value is -1.72. The summed E-state index contributed by atoms with van der Waals surface area (Å²) >= 11 is 0. The third kappa shape index (κ3) is 3.52. The first-order valence-electron chi connectivity index (χ1n) is 8.30. The maximum atomic E-state index is 13.3. The maximum Gasteiger partial charge on any atom is 0.243 e. The summed E-state index contributed by atoms with van der Waals surface area (Å²) in [5, 5.41) is 0. The van der Waals surface area contributed by atoms with Crippen molar-refractivity contribution in [3.8, 4) is 0 Å². The van der Waals surface area contributed by atoms with Crippen molar-refractivity contribution in [2.24, 2.45) is 0 Å². The first-order valence-corrected chi connectivity index (χ1v) is 9.74. The van der Waals surface area contributed by atoms with Gasteiger partial charge in [0.1, 0.15) is 5.82 Å². The number of nitrogens with zero attached hydrogens (tertiary/aromatic N) is 1. The second-order valence-electron chi connectivity index (χ2n) is 6.38. The SMILES string of the molecule is Cc1cc(F)ccc1S(=O)(=O)N1CCCCC(c2ccccc2)C1. The van der Waals surface area contributed by atoms with E-state index in [9.17, 15) is 12.8 Å². The average molecular weight is 347 g/mol. The lowest BCUT2D eigenvalue weighted by Crippen LogP contribution is -2.34. The van der Waals surface area contributed by atoms with Crippen LogP contribution in [0.4, 0.5) is 4.39 Å². The van der Waals surface area contributed by atoms with E-state index in [1.807, 2.05) is 18.2 Å². The van der Waals surface area contributed by atoms with Crippen LogP contribution in [-0.2, 0) is 10.0 Å². The molecule has 1 saturated heterocycles. The van der Waals surface area contributed by atoms with E-state index in [0.717, 1.165) is 19.3 Å². The van der Waals surface area contributed by atoms with Gasteiger partial charge in [-0.25, -0.2) is 12.8 Å². The molecule has 0 aromatic heterocycles. The van der Waals surface area contributed by atoms with E-state index in [0.29, 0.717) is 18.7 Å². The molecule has 2 aromatic rings. The summed E-state index contributed by atoms with van der Waals surface area (Å²) in [6, 6.07) is 13.9. The van der Waals surface area contributed by atoms with Crippen LogP contribution in [0.1, 0.15) is 36.3 Å². The van der Waals surface area contributed by atoms with Gasteiger partial charge in [-0.15, -0.1) is 0 Å². The molecule has 1 fully saturated rings. The molecule has 3 rings (SSSR count). The van der Waals surface area contributed by atoms with Crippen LogP contribution in [0.3, 0.4) is 0 Å². The van der Waals surface area contributed by atoms with E-state index >= 15 is 0 Å². The predicted octanol–water partition coefficient (Wildman–Crippen LogP) is 4.09. The standard InChI is InChI=1S/C19H22FNO2S/c1-15-13-18(20)10-11-19(15)24(22,23)21-12-6-5-9-17(14-21)16-7-3-2-4-8-16/h2-4,7-8,10-11,13,17H,5-6,9,12,14H2,1H3. The van der Waals surface area contributed by atoms with Gasteiger partial charge in [-0.3, -0.25) is 0 Å². The van der Waals surface area contributed by atoms with Gasteiger partial charge in [0.25, 0.3) is 0 Å². The highest BCUT2D eigenvalue weighted by molar-refractivity contribution is 7.89. The van der Waals surface area contributed by atoms with Crippen LogP contribution in [0.25, 0.3) is 0 Å². The first kappa shape index (κ1) is 17.1. The van der Waals surface area contributed by atoms with Crippen molar-refractivity contribution >= 4 is 10.0 Å². The monoisotopic (exact) mass is 347 g/mol.